The molecule has 2 saturated carbocycles. The van der Waals surface area contributed by atoms with E-state index < -0.39 is 6.09 Å². The number of ether oxygens (including phenoxy) is 1. The lowest BCUT2D eigenvalue weighted by molar-refractivity contribution is 0.0924. The Bertz CT molecular complexity index is 1270. The predicted octanol–water partition coefficient (Wildman–Crippen LogP) is 4.59. The molecule has 2 heterocycles. The predicted molar refractivity (Wildman–Crippen MR) is 136 cm³/mol. The van der Waals surface area contributed by atoms with Gasteiger partial charge < -0.3 is 25.5 Å². The number of hydrogen-bond donors (Lipinski definition) is 4. The van der Waals surface area contributed by atoms with E-state index in [0.717, 1.165) is 47.5 Å². The second kappa shape index (κ2) is 10.2. The standard InChI is InChI=1S/C27H33N5O4/c1-3-16-6-11-21(36-13-17-4-5-17)20(12-16)23-25-24(29-14-28-23)22(15(2)30-25)26(33)31-18-7-9-19(10-8-18)32-27(34)35/h6,11-12,14,17-19,30,32H,3-5,7-10,13H2,1-2H3,(H,31,33)(H,34,35)/t18-,19+. The zero-order chi connectivity index (χ0) is 25.2. The average molecular weight is 492 g/mol. The van der Waals surface area contributed by atoms with E-state index in [2.05, 4.69) is 44.6 Å². The highest BCUT2D eigenvalue weighted by Crippen LogP contribution is 2.37. The summed E-state index contributed by atoms with van der Waals surface area (Å²) in [5.41, 5.74) is 5.38. The van der Waals surface area contributed by atoms with Crippen LogP contribution in [0.4, 0.5) is 4.79 Å². The van der Waals surface area contributed by atoms with Crippen molar-refractivity contribution < 1.29 is 19.4 Å². The summed E-state index contributed by atoms with van der Waals surface area (Å²) < 4.78 is 6.19. The fraction of sp³-hybridized carbons (Fsp3) is 0.481. The largest absolute Gasteiger partial charge is 0.493 e. The first-order chi connectivity index (χ1) is 17.4. The van der Waals surface area contributed by atoms with E-state index in [9.17, 15) is 9.59 Å². The van der Waals surface area contributed by atoms with Crippen LogP contribution in [0.5, 0.6) is 5.75 Å². The number of amides is 2. The molecule has 5 rings (SSSR count). The minimum Gasteiger partial charge on any atom is -0.493 e. The molecule has 3 aromatic rings. The number of carbonyl (C=O) groups excluding carboxylic acids is 1. The van der Waals surface area contributed by atoms with Crippen molar-refractivity contribution in [2.24, 2.45) is 5.92 Å². The molecule has 2 aliphatic carbocycles. The van der Waals surface area contributed by atoms with Gasteiger partial charge in [0, 0.05) is 23.3 Å². The fourth-order valence-corrected chi connectivity index (χ4v) is 5.02. The summed E-state index contributed by atoms with van der Waals surface area (Å²) in [5, 5.41) is 14.6. The number of aromatic amines is 1. The van der Waals surface area contributed by atoms with E-state index in [0.29, 0.717) is 36.4 Å². The van der Waals surface area contributed by atoms with Crippen LogP contribution in [0.1, 0.15) is 67.1 Å². The van der Waals surface area contributed by atoms with Gasteiger partial charge in [-0.15, -0.1) is 0 Å². The molecule has 2 fully saturated rings. The molecule has 1 aromatic carbocycles. The lowest BCUT2D eigenvalue weighted by Gasteiger charge is -2.28. The smallest absolute Gasteiger partial charge is 0.404 e. The number of hydrogen-bond acceptors (Lipinski definition) is 5. The van der Waals surface area contributed by atoms with Gasteiger partial charge in [0.2, 0.25) is 0 Å². The van der Waals surface area contributed by atoms with Crippen molar-refractivity contribution in [3.05, 3.63) is 41.3 Å². The molecule has 0 bridgehead atoms. The first-order valence-corrected chi connectivity index (χ1v) is 12.8. The fourth-order valence-electron chi connectivity index (χ4n) is 5.02. The minimum atomic E-state index is -1.00. The Balaban J connectivity index is 1.41. The summed E-state index contributed by atoms with van der Waals surface area (Å²) in [5.74, 6) is 1.25. The van der Waals surface area contributed by atoms with Crippen LogP contribution in [-0.4, -0.2) is 50.7 Å². The van der Waals surface area contributed by atoms with Crippen molar-refractivity contribution in [2.75, 3.05) is 6.61 Å². The van der Waals surface area contributed by atoms with Gasteiger partial charge in [0.15, 0.2) is 0 Å². The van der Waals surface area contributed by atoms with Crippen molar-refractivity contribution in [1.82, 2.24) is 25.6 Å². The Hall–Kier alpha value is -3.62. The van der Waals surface area contributed by atoms with E-state index >= 15 is 0 Å². The molecule has 0 spiro atoms. The Morgan fingerprint density at radius 3 is 2.47 bits per heavy atom. The number of aryl methyl sites for hydroxylation is 2. The van der Waals surface area contributed by atoms with Crippen LogP contribution < -0.4 is 15.4 Å². The number of H-pyrrole nitrogens is 1. The Morgan fingerprint density at radius 2 is 1.81 bits per heavy atom. The maximum absolute atomic E-state index is 13.3. The molecular formula is C27H33N5O4. The Labute approximate surface area is 210 Å². The molecule has 0 aliphatic heterocycles. The Morgan fingerprint density at radius 1 is 1.08 bits per heavy atom. The first kappa shape index (κ1) is 24.1. The SMILES string of the molecule is CCc1ccc(OCC2CC2)c(-c2ncnc3c(C(=O)N[C@H]4CC[C@@H](NC(=O)O)CC4)c(C)[nH]c23)c1. The van der Waals surface area contributed by atoms with Gasteiger partial charge in [-0.1, -0.05) is 13.0 Å². The third kappa shape index (κ3) is 5.15. The van der Waals surface area contributed by atoms with Crippen molar-refractivity contribution in [2.45, 2.75) is 70.9 Å². The minimum absolute atomic E-state index is 0.00124. The number of carboxylic acid groups (broad SMARTS) is 1. The molecule has 36 heavy (non-hydrogen) atoms. The van der Waals surface area contributed by atoms with Crippen molar-refractivity contribution >= 4 is 23.0 Å². The van der Waals surface area contributed by atoms with E-state index in [4.69, 9.17) is 9.84 Å². The van der Waals surface area contributed by atoms with Gasteiger partial charge in [-0.2, -0.15) is 0 Å². The first-order valence-electron chi connectivity index (χ1n) is 12.8. The molecule has 190 valence electrons. The van der Waals surface area contributed by atoms with E-state index in [-0.39, 0.29) is 18.0 Å². The van der Waals surface area contributed by atoms with E-state index in [1.54, 1.807) is 0 Å². The van der Waals surface area contributed by atoms with Gasteiger partial charge in [-0.3, -0.25) is 4.79 Å². The molecule has 2 aromatic heterocycles. The van der Waals surface area contributed by atoms with Gasteiger partial charge in [-0.25, -0.2) is 14.8 Å². The summed E-state index contributed by atoms with van der Waals surface area (Å²) in [6, 6.07) is 6.16. The van der Waals surface area contributed by atoms with Crippen LogP contribution in [0, 0.1) is 12.8 Å². The highest BCUT2D eigenvalue weighted by atomic mass is 16.5. The van der Waals surface area contributed by atoms with Crippen LogP contribution in [0.3, 0.4) is 0 Å². The summed E-state index contributed by atoms with van der Waals surface area (Å²) in [7, 11) is 0. The molecule has 2 amide bonds. The number of carbonyl (C=O) groups is 2. The summed E-state index contributed by atoms with van der Waals surface area (Å²) in [4.78, 5) is 36.7. The molecule has 0 radical (unpaired) electrons. The van der Waals surface area contributed by atoms with Crippen LogP contribution >= 0.6 is 0 Å². The molecule has 0 unspecified atom stereocenters. The number of benzene rings is 1. The quantitative estimate of drug-likeness (QED) is 0.365. The summed E-state index contributed by atoms with van der Waals surface area (Å²) in [6.07, 6.45) is 6.69. The third-order valence-corrected chi connectivity index (χ3v) is 7.27. The molecule has 9 heteroatoms. The second-order valence-electron chi connectivity index (χ2n) is 9.98. The number of rotatable bonds is 8. The van der Waals surface area contributed by atoms with Crippen molar-refractivity contribution in [3.63, 3.8) is 0 Å². The highest BCUT2D eigenvalue weighted by Gasteiger charge is 2.27. The number of aromatic nitrogens is 3. The lowest BCUT2D eigenvalue weighted by Crippen LogP contribution is -2.43. The van der Waals surface area contributed by atoms with Crippen LogP contribution in [-0.2, 0) is 6.42 Å². The lowest BCUT2D eigenvalue weighted by atomic mass is 9.91. The molecule has 0 atom stereocenters. The van der Waals surface area contributed by atoms with Crippen molar-refractivity contribution in [3.8, 4) is 17.0 Å². The van der Waals surface area contributed by atoms with Crippen molar-refractivity contribution in [1.29, 1.82) is 0 Å². The Kier molecular flexibility index (Phi) is 6.80. The summed E-state index contributed by atoms with van der Waals surface area (Å²) >= 11 is 0. The highest BCUT2D eigenvalue weighted by molar-refractivity contribution is 6.09. The monoisotopic (exact) mass is 491 g/mol. The summed E-state index contributed by atoms with van der Waals surface area (Å²) in [6.45, 7) is 4.70. The zero-order valence-electron chi connectivity index (χ0n) is 20.8. The van der Waals surface area contributed by atoms with Crippen LogP contribution in [0.25, 0.3) is 22.3 Å². The van der Waals surface area contributed by atoms with Gasteiger partial charge in [-0.05, 0) is 75.5 Å². The topological polar surface area (TPSA) is 129 Å². The van der Waals surface area contributed by atoms with Crippen LogP contribution in [0.2, 0.25) is 0 Å². The van der Waals surface area contributed by atoms with Crippen LogP contribution in [0.15, 0.2) is 24.5 Å². The maximum Gasteiger partial charge on any atom is 0.404 e. The number of fused-ring (bicyclic) bond motifs is 1. The van der Waals surface area contributed by atoms with Gasteiger partial charge in [0.1, 0.15) is 23.3 Å². The number of nitrogens with zero attached hydrogens (tertiary/aromatic N) is 2. The van der Waals surface area contributed by atoms with Gasteiger partial charge in [0.05, 0.1) is 17.7 Å². The molecule has 4 N–H and O–H groups in total. The van der Waals surface area contributed by atoms with Gasteiger partial charge in [0.25, 0.3) is 5.91 Å². The van der Waals surface area contributed by atoms with E-state index in [1.807, 2.05) is 13.0 Å². The van der Waals surface area contributed by atoms with Gasteiger partial charge >= 0.3 is 6.09 Å². The molecule has 0 saturated heterocycles. The molecule has 9 nitrogen and oxygen atoms in total. The normalized spacial score (nSPS) is 19.7. The molecule has 2 aliphatic rings. The van der Waals surface area contributed by atoms with E-state index in [1.165, 1.54) is 24.7 Å². The third-order valence-electron chi connectivity index (χ3n) is 7.27. The average Bonchev–Trinajstić information content (AvgIpc) is 3.63. The molecular weight excluding hydrogens is 458 g/mol. The zero-order valence-corrected chi connectivity index (χ0v) is 20.8. The second-order valence-corrected chi connectivity index (χ2v) is 9.98. The number of nitrogens with one attached hydrogen (secondary N) is 3. The maximum atomic E-state index is 13.3.